The number of rotatable bonds is 3. The van der Waals surface area contributed by atoms with E-state index < -0.39 is 5.97 Å². The van der Waals surface area contributed by atoms with Gasteiger partial charge in [-0.15, -0.1) is 0 Å². The molecule has 0 spiro atoms. The second kappa shape index (κ2) is 6.01. The van der Waals surface area contributed by atoms with Crippen LogP contribution in [0.2, 0.25) is 0 Å². The quantitative estimate of drug-likeness (QED) is 0.725. The number of benzene rings is 2. The van der Waals surface area contributed by atoms with Crippen LogP contribution in [-0.2, 0) is 0 Å². The lowest BCUT2D eigenvalue weighted by molar-refractivity contribution is 0.0699. The molecule has 1 aromatic heterocycles. The van der Waals surface area contributed by atoms with Crippen molar-refractivity contribution in [1.82, 2.24) is 4.98 Å². The molecule has 2 aromatic carbocycles. The van der Waals surface area contributed by atoms with E-state index in [0.717, 1.165) is 21.3 Å². The topological polar surface area (TPSA) is 59.4 Å². The Kier molecular flexibility index (Phi) is 4.05. The number of fused-ring (bicyclic) bond motifs is 1. The van der Waals surface area contributed by atoms with E-state index in [1.807, 2.05) is 31.2 Å². The lowest BCUT2D eigenvalue weighted by atomic mass is 10.0. The number of pyridine rings is 1. The van der Waals surface area contributed by atoms with Crippen molar-refractivity contribution >= 4 is 32.8 Å². The number of carbonyl (C=O) groups is 1. The summed E-state index contributed by atoms with van der Waals surface area (Å²) in [7, 11) is 1.61. The van der Waals surface area contributed by atoms with E-state index in [9.17, 15) is 9.90 Å². The second-order valence-corrected chi connectivity index (χ2v) is 6.03. The highest BCUT2D eigenvalue weighted by molar-refractivity contribution is 9.10. The minimum absolute atomic E-state index is 0.238. The molecule has 0 aliphatic heterocycles. The Morgan fingerprint density at radius 1 is 1.22 bits per heavy atom. The number of hydrogen-bond donors (Lipinski definition) is 1. The number of methoxy groups -OCH3 is 1. The van der Waals surface area contributed by atoms with Gasteiger partial charge in [0, 0.05) is 15.4 Å². The first-order valence-corrected chi connectivity index (χ1v) is 7.78. The van der Waals surface area contributed by atoms with Crippen molar-refractivity contribution in [3.05, 3.63) is 58.1 Å². The molecular formula is C18H14BrNO3. The highest BCUT2D eigenvalue weighted by Gasteiger charge is 2.15. The number of aromatic nitrogens is 1. The summed E-state index contributed by atoms with van der Waals surface area (Å²) in [6.07, 6.45) is 0. The molecule has 0 atom stereocenters. The maximum absolute atomic E-state index is 11.6. The molecule has 0 aliphatic rings. The molecule has 0 radical (unpaired) electrons. The predicted molar refractivity (Wildman–Crippen MR) is 93.1 cm³/mol. The minimum Gasteiger partial charge on any atom is -0.497 e. The van der Waals surface area contributed by atoms with E-state index in [1.165, 1.54) is 0 Å². The standard InChI is InChI=1S/C18H14BrNO3/c1-10-8-11(23-2)6-7-12(10)16-9-14(18(21)22)13-4-3-5-15(19)17(13)20-16/h3-9H,1-2H3,(H,21,22). The molecule has 0 amide bonds. The summed E-state index contributed by atoms with van der Waals surface area (Å²) in [4.78, 5) is 16.3. The highest BCUT2D eigenvalue weighted by atomic mass is 79.9. The van der Waals surface area contributed by atoms with Crippen LogP contribution in [0, 0.1) is 6.92 Å². The molecular weight excluding hydrogens is 358 g/mol. The lowest BCUT2D eigenvalue weighted by Gasteiger charge is -2.11. The molecule has 116 valence electrons. The summed E-state index contributed by atoms with van der Waals surface area (Å²) in [6.45, 7) is 1.95. The maximum Gasteiger partial charge on any atom is 0.336 e. The van der Waals surface area contributed by atoms with Gasteiger partial charge in [0.15, 0.2) is 0 Å². The van der Waals surface area contributed by atoms with Crippen molar-refractivity contribution in [1.29, 1.82) is 0 Å². The Bertz CT molecular complexity index is 922. The van der Waals surface area contributed by atoms with Crippen molar-refractivity contribution < 1.29 is 14.6 Å². The number of nitrogens with zero attached hydrogens (tertiary/aromatic N) is 1. The monoisotopic (exact) mass is 371 g/mol. The molecule has 0 saturated heterocycles. The van der Waals surface area contributed by atoms with E-state index in [4.69, 9.17) is 4.74 Å². The van der Waals surface area contributed by atoms with Crippen LogP contribution >= 0.6 is 15.9 Å². The fourth-order valence-corrected chi connectivity index (χ4v) is 3.03. The van der Waals surface area contributed by atoms with Gasteiger partial charge in [-0.1, -0.05) is 12.1 Å². The summed E-state index contributed by atoms with van der Waals surface area (Å²) in [6, 6.07) is 12.7. The Morgan fingerprint density at radius 2 is 2.00 bits per heavy atom. The van der Waals surface area contributed by atoms with Crippen molar-refractivity contribution in [3.8, 4) is 17.0 Å². The summed E-state index contributed by atoms with van der Waals surface area (Å²) in [5.74, 6) is -0.213. The third-order valence-electron chi connectivity index (χ3n) is 3.73. The van der Waals surface area contributed by atoms with Gasteiger partial charge in [0.25, 0.3) is 0 Å². The van der Waals surface area contributed by atoms with E-state index >= 15 is 0 Å². The zero-order valence-electron chi connectivity index (χ0n) is 12.6. The van der Waals surface area contributed by atoms with Crippen LogP contribution in [0.4, 0.5) is 0 Å². The molecule has 3 rings (SSSR count). The summed E-state index contributed by atoms with van der Waals surface area (Å²) < 4.78 is 5.98. The summed E-state index contributed by atoms with van der Waals surface area (Å²) in [5, 5.41) is 10.1. The number of hydrogen-bond acceptors (Lipinski definition) is 3. The highest BCUT2D eigenvalue weighted by Crippen LogP contribution is 2.31. The smallest absolute Gasteiger partial charge is 0.336 e. The summed E-state index contributed by atoms with van der Waals surface area (Å²) in [5.41, 5.74) is 3.35. The van der Waals surface area contributed by atoms with Gasteiger partial charge >= 0.3 is 5.97 Å². The molecule has 23 heavy (non-hydrogen) atoms. The normalized spacial score (nSPS) is 10.7. The van der Waals surface area contributed by atoms with Gasteiger partial charge in [0.05, 0.1) is 23.9 Å². The van der Waals surface area contributed by atoms with Crippen LogP contribution in [0.3, 0.4) is 0 Å². The van der Waals surface area contributed by atoms with Crippen molar-refractivity contribution in [2.24, 2.45) is 0 Å². The number of para-hydroxylation sites is 1. The molecule has 1 heterocycles. The van der Waals surface area contributed by atoms with Gasteiger partial charge in [-0.25, -0.2) is 9.78 Å². The average Bonchev–Trinajstić information content (AvgIpc) is 2.54. The van der Waals surface area contributed by atoms with E-state index in [1.54, 1.807) is 25.3 Å². The molecule has 5 heteroatoms. The number of aryl methyl sites for hydroxylation is 1. The van der Waals surface area contributed by atoms with E-state index in [0.29, 0.717) is 16.6 Å². The molecule has 0 bridgehead atoms. The number of carboxylic acid groups (broad SMARTS) is 1. The minimum atomic E-state index is -0.970. The average molecular weight is 372 g/mol. The van der Waals surface area contributed by atoms with Crippen molar-refractivity contribution in [2.45, 2.75) is 6.92 Å². The second-order valence-electron chi connectivity index (χ2n) is 5.18. The molecule has 4 nitrogen and oxygen atoms in total. The molecule has 0 fully saturated rings. The first-order chi connectivity index (χ1) is 11.0. The fourth-order valence-electron chi connectivity index (χ4n) is 2.58. The van der Waals surface area contributed by atoms with Crippen LogP contribution in [0.1, 0.15) is 15.9 Å². The van der Waals surface area contributed by atoms with Gasteiger partial charge in [0.2, 0.25) is 0 Å². The maximum atomic E-state index is 11.6. The summed E-state index contributed by atoms with van der Waals surface area (Å²) >= 11 is 3.45. The number of carboxylic acids is 1. The Labute approximate surface area is 141 Å². The predicted octanol–water partition coefficient (Wildman–Crippen LogP) is 4.68. The SMILES string of the molecule is COc1ccc(-c2cc(C(=O)O)c3cccc(Br)c3n2)c(C)c1. The van der Waals surface area contributed by atoms with Gasteiger partial charge < -0.3 is 9.84 Å². The first kappa shape index (κ1) is 15.5. The van der Waals surface area contributed by atoms with Crippen molar-refractivity contribution in [2.75, 3.05) is 7.11 Å². The largest absolute Gasteiger partial charge is 0.497 e. The lowest BCUT2D eigenvalue weighted by Crippen LogP contribution is -2.01. The van der Waals surface area contributed by atoms with Crippen molar-refractivity contribution in [3.63, 3.8) is 0 Å². The van der Waals surface area contributed by atoms with Crippen LogP contribution in [0.5, 0.6) is 5.75 Å². The van der Waals surface area contributed by atoms with Gasteiger partial charge in [0.1, 0.15) is 5.75 Å². The molecule has 0 unspecified atom stereocenters. The fraction of sp³-hybridized carbons (Fsp3) is 0.111. The number of aromatic carboxylic acids is 1. The van der Waals surface area contributed by atoms with E-state index in [-0.39, 0.29) is 5.56 Å². The number of halogens is 1. The Balaban J connectivity index is 2.30. The Hall–Kier alpha value is -2.40. The van der Waals surface area contributed by atoms with Crippen LogP contribution < -0.4 is 4.74 Å². The Morgan fingerprint density at radius 3 is 2.65 bits per heavy atom. The van der Waals surface area contributed by atoms with Crippen LogP contribution in [-0.4, -0.2) is 23.2 Å². The van der Waals surface area contributed by atoms with E-state index in [2.05, 4.69) is 20.9 Å². The zero-order valence-corrected chi connectivity index (χ0v) is 14.2. The number of ether oxygens (including phenoxy) is 1. The molecule has 3 aromatic rings. The molecule has 0 aliphatic carbocycles. The third kappa shape index (κ3) is 2.80. The third-order valence-corrected chi connectivity index (χ3v) is 4.37. The molecule has 1 N–H and O–H groups in total. The van der Waals surface area contributed by atoms with Gasteiger partial charge in [-0.2, -0.15) is 0 Å². The van der Waals surface area contributed by atoms with Crippen LogP contribution in [0.15, 0.2) is 46.9 Å². The van der Waals surface area contributed by atoms with Crippen LogP contribution in [0.25, 0.3) is 22.2 Å². The zero-order chi connectivity index (χ0) is 16.6. The van der Waals surface area contributed by atoms with Gasteiger partial charge in [-0.3, -0.25) is 0 Å². The van der Waals surface area contributed by atoms with Gasteiger partial charge in [-0.05, 0) is 58.7 Å². The molecule has 0 saturated carbocycles. The first-order valence-electron chi connectivity index (χ1n) is 6.99.